The van der Waals surface area contributed by atoms with Crippen molar-refractivity contribution in [3.8, 4) is 0 Å². The molecular formula is C8H13O7-. The predicted octanol–water partition coefficient (Wildman–Crippen LogP) is -4.03. The van der Waals surface area contributed by atoms with E-state index >= 15 is 0 Å². The molecule has 88 valence electrons. The van der Waals surface area contributed by atoms with Gasteiger partial charge in [-0.25, -0.2) is 0 Å². The molecular weight excluding hydrogens is 208 g/mol. The van der Waals surface area contributed by atoms with Crippen LogP contribution in [-0.2, 0) is 9.53 Å². The normalized spacial score (nSPS) is 38.7. The fourth-order valence-electron chi connectivity index (χ4n) is 1.48. The fourth-order valence-corrected chi connectivity index (χ4v) is 1.48. The number of carbonyl (C=O) groups is 1. The lowest BCUT2D eigenvalue weighted by molar-refractivity contribution is -0.327. The maximum atomic E-state index is 10.5. The zero-order valence-electron chi connectivity index (χ0n) is 7.81. The third-order valence-electron chi connectivity index (χ3n) is 2.34. The summed E-state index contributed by atoms with van der Waals surface area (Å²) in [4.78, 5) is 10.5. The Morgan fingerprint density at radius 1 is 1.53 bits per heavy atom. The lowest BCUT2D eigenvalue weighted by Crippen LogP contribution is -2.57. The van der Waals surface area contributed by atoms with E-state index in [1.807, 2.05) is 0 Å². The van der Waals surface area contributed by atoms with Gasteiger partial charge in [-0.1, -0.05) is 0 Å². The number of aliphatic carboxylic acids is 1. The number of hydrogen-bond acceptors (Lipinski definition) is 7. The van der Waals surface area contributed by atoms with E-state index in [9.17, 15) is 25.2 Å². The second kappa shape index (κ2) is 4.86. The first-order chi connectivity index (χ1) is 6.97. The van der Waals surface area contributed by atoms with Gasteiger partial charge in [-0.3, -0.25) is 0 Å². The van der Waals surface area contributed by atoms with E-state index in [1.165, 1.54) is 0 Å². The van der Waals surface area contributed by atoms with Crippen LogP contribution in [-0.4, -0.2) is 63.5 Å². The van der Waals surface area contributed by atoms with Crippen LogP contribution in [0.5, 0.6) is 0 Å². The predicted molar refractivity (Wildman–Crippen MR) is 43.4 cm³/mol. The van der Waals surface area contributed by atoms with Crippen LogP contribution < -0.4 is 5.11 Å². The number of aliphatic hydroxyl groups excluding tert-OH is 4. The van der Waals surface area contributed by atoms with Crippen LogP contribution in [0.1, 0.15) is 6.42 Å². The van der Waals surface area contributed by atoms with Gasteiger partial charge in [0.2, 0.25) is 0 Å². The smallest absolute Gasteiger partial charge is 0.115 e. The van der Waals surface area contributed by atoms with Crippen LogP contribution in [0.25, 0.3) is 0 Å². The first-order valence-corrected chi connectivity index (χ1v) is 4.48. The molecule has 1 rings (SSSR count). The van der Waals surface area contributed by atoms with Crippen LogP contribution in [0.15, 0.2) is 0 Å². The highest BCUT2D eigenvalue weighted by atomic mass is 16.6. The van der Waals surface area contributed by atoms with Crippen molar-refractivity contribution < 1.29 is 35.1 Å². The van der Waals surface area contributed by atoms with E-state index in [0.717, 1.165) is 0 Å². The van der Waals surface area contributed by atoms with Gasteiger partial charge in [0.1, 0.15) is 24.4 Å². The Labute approximate surface area is 85.5 Å². The summed E-state index contributed by atoms with van der Waals surface area (Å²) < 4.78 is 4.80. The van der Waals surface area contributed by atoms with Crippen LogP contribution in [0.2, 0.25) is 0 Å². The number of ether oxygens (including phenoxy) is 1. The molecule has 0 aromatic rings. The zero-order chi connectivity index (χ0) is 11.6. The molecule has 0 spiro atoms. The van der Waals surface area contributed by atoms with Crippen LogP contribution in [0.3, 0.4) is 0 Å². The van der Waals surface area contributed by atoms with E-state index in [-0.39, 0.29) is 6.42 Å². The highest BCUT2D eigenvalue weighted by molar-refractivity contribution is 5.70. The van der Waals surface area contributed by atoms with Crippen molar-refractivity contribution in [3.63, 3.8) is 0 Å². The molecule has 0 aromatic heterocycles. The number of carbonyl (C=O) groups excluding carboxylic acids is 1. The first kappa shape index (κ1) is 12.3. The topological polar surface area (TPSA) is 130 Å². The lowest BCUT2D eigenvalue weighted by Gasteiger charge is -2.39. The monoisotopic (exact) mass is 221 g/mol. The van der Waals surface area contributed by atoms with Crippen LogP contribution in [0.4, 0.5) is 0 Å². The molecule has 7 heteroatoms. The molecule has 1 saturated heterocycles. The Hall–Kier alpha value is -0.730. The molecule has 0 radical (unpaired) electrons. The molecule has 1 fully saturated rings. The van der Waals surface area contributed by atoms with Crippen LogP contribution in [0, 0.1) is 0 Å². The summed E-state index contributed by atoms with van der Waals surface area (Å²) in [6, 6.07) is 0. The maximum Gasteiger partial charge on any atom is 0.115 e. The molecule has 1 heterocycles. The summed E-state index contributed by atoms with van der Waals surface area (Å²) in [5.41, 5.74) is 0. The average Bonchev–Trinajstić information content (AvgIpc) is 2.20. The van der Waals surface area contributed by atoms with Crippen molar-refractivity contribution in [2.75, 3.05) is 6.61 Å². The van der Waals surface area contributed by atoms with Gasteiger partial charge in [0.05, 0.1) is 18.7 Å². The third-order valence-corrected chi connectivity index (χ3v) is 2.34. The number of aliphatic hydroxyl groups is 4. The second-order valence-electron chi connectivity index (χ2n) is 3.45. The number of carboxylic acids is 1. The largest absolute Gasteiger partial charge is 0.547 e. The number of hydrogen-bond donors (Lipinski definition) is 4. The highest BCUT2D eigenvalue weighted by Gasteiger charge is 2.40. The van der Waals surface area contributed by atoms with Crippen molar-refractivity contribution in [1.29, 1.82) is 0 Å². The molecule has 0 unspecified atom stereocenters. The molecule has 0 amide bonds. The van der Waals surface area contributed by atoms with Gasteiger partial charge in [-0.05, 0) is 0 Å². The molecule has 15 heavy (non-hydrogen) atoms. The Morgan fingerprint density at radius 2 is 2.13 bits per heavy atom. The van der Waals surface area contributed by atoms with Crippen molar-refractivity contribution in [2.24, 2.45) is 0 Å². The van der Waals surface area contributed by atoms with E-state index in [1.54, 1.807) is 0 Å². The Kier molecular flexibility index (Phi) is 4.00. The summed E-state index contributed by atoms with van der Waals surface area (Å²) in [5, 5.41) is 47.0. The maximum absolute atomic E-state index is 10.5. The number of carboxylic acid groups (broad SMARTS) is 1. The first-order valence-electron chi connectivity index (χ1n) is 4.48. The van der Waals surface area contributed by atoms with Gasteiger partial charge >= 0.3 is 0 Å². The summed E-state index contributed by atoms with van der Waals surface area (Å²) in [6.45, 7) is -0.700. The minimum absolute atomic E-state index is 0.307. The Morgan fingerprint density at radius 3 is 2.60 bits per heavy atom. The summed E-state index contributed by atoms with van der Waals surface area (Å²) in [5.74, 6) is -1.53. The standard InChI is InChI=1S/C8H14O7/c9-2-4(11)7-6(12)3(10)1-5(15-7)8(13)14/h3-7,9-12H,1-2H2,(H,13,14)/p-1/t3-,4-,5+,6-,7-/m1/s1. The van der Waals surface area contributed by atoms with Crippen molar-refractivity contribution >= 4 is 5.97 Å². The van der Waals surface area contributed by atoms with Crippen molar-refractivity contribution in [3.05, 3.63) is 0 Å². The minimum atomic E-state index is -1.53. The lowest BCUT2D eigenvalue weighted by atomic mass is 9.95. The Balaban J connectivity index is 2.72. The van der Waals surface area contributed by atoms with Crippen LogP contribution >= 0.6 is 0 Å². The van der Waals surface area contributed by atoms with Gasteiger partial charge in [-0.15, -0.1) is 0 Å². The minimum Gasteiger partial charge on any atom is -0.547 e. The molecule has 1 aliphatic heterocycles. The zero-order valence-corrected chi connectivity index (χ0v) is 7.81. The van der Waals surface area contributed by atoms with Gasteiger partial charge < -0.3 is 35.1 Å². The molecule has 4 N–H and O–H groups in total. The van der Waals surface area contributed by atoms with Gasteiger partial charge in [0.15, 0.2) is 0 Å². The van der Waals surface area contributed by atoms with E-state index < -0.39 is 43.1 Å². The fraction of sp³-hybridized carbons (Fsp3) is 0.875. The molecule has 1 aliphatic rings. The average molecular weight is 221 g/mol. The molecule has 7 nitrogen and oxygen atoms in total. The summed E-state index contributed by atoms with van der Waals surface area (Å²) in [6.07, 6.45) is -7.23. The molecule has 5 atom stereocenters. The molecule has 0 aliphatic carbocycles. The second-order valence-corrected chi connectivity index (χ2v) is 3.45. The van der Waals surface area contributed by atoms with Gasteiger partial charge in [0, 0.05) is 6.42 Å². The molecule has 0 aromatic carbocycles. The SMILES string of the molecule is O=C([O-])[C@@H]1C[C@@H](O)[C@@H](O)[C@@H]([C@H](O)CO)O1. The summed E-state index contributed by atoms with van der Waals surface area (Å²) in [7, 11) is 0. The van der Waals surface area contributed by atoms with E-state index in [4.69, 9.17) is 9.84 Å². The highest BCUT2D eigenvalue weighted by Crippen LogP contribution is 2.22. The quantitative estimate of drug-likeness (QED) is 0.381. The Bertz CT molecular complexity index is 231. The summed E-state index contributed by atoms with van der Waals surface area (Å²) >= 11 is 0. The molecule has 0 bridgehead atoms. The van der Waals surface area contributed by atoms with E-state index in [2.05, 4.69) is 0 Å². The van der Waals surface area contributed by atoms with Gasteiger partial charge in [-0.2, -0.15) is 0 Å². The van der Waals surface area contributed by atoms with Gasteiger partial charge in [0.25, 0.3) is 0 Å². The third kappa shape index (κ3) is 2.64. The van der Waals surface area contributed by atoms with E-state index in [0.29, 0.717) is 0 Å². The molecule has 0 saturated carbocycles. The number of rotatable bonds is 3. The van der Waals surface area contributed by atoms with Crippen molar-refractivity contribution in [1.82, 2.24) is 0 Å². The van der Waals surface area contributed by atoms with Crippen molar-refractivity contribution in [2.45, 2.75) is 36.9 Å².